The molecule has 0 aliphatic heterocycles. The summed E-state index contributed by atoms with van der Waals surface area (Å²) in [6.45, 7) is 1.77. The number of hydrogen-bond donors (Lipinski definition) is 2. The molecule has 0 saturated heterocycles. The van der Waals surface area contributed by atoms with E-state index < -0.39 is 0 Å². The number of carbonyl (C=O) groups is 1. The number of anilines is 2. The number of benzene rings is 1. The van der Waals surface area contributed by atoms with Crippen LogP contribution in [0.3, 0.4) is 0 Å². The predicted molar refractivity (Wildman–Crippen MR) is 69.8 cm³/mol. The molecule has 6 nitrogen and oxygen atoms in total. The molecular formula is C12H15N5O. The lowest BCUT2D eigenvalue weighted by Gasteiger charge is -2.16. The van der Waals surface area contributed by atoms with Gasteiger partial charge in [0.15, 0.2) is 0 Å². The summed E-state index contributed by atoms with van der Waals surface area (Å²) in [7, 11) is 3.78. The Balaban J connectivity index is 2.24. The largest absolute Gasteiger partial charge is 0.377 e. The van der Waals surface area contributed by atoms with E-state index in [-0.39, 0.29) is 11.9 Å². The zero-order chi connectivity index (χ0) is 13.1. The summed E-state index contributed by atoms with van der Waals surface area (Å²) < 4.78 is 0. The van der Waals surface area contributed by atoms with Crippen molar-refractivity contribution in [1.29, 1.82) is 0 Å². The first kappa shape index (κ1) is 12.1. The summed E-state index contributed by atoms with van der Waals surface area (Å²) >= 11 is 0. The van der Waals surface area contributed by atoms with Gasteiger partial charge >= 0.3 is 0 Å². The van der Waals surface area contributed by atoms with Crippen LogP contribution in [0.25, 0.3) is 0 Å². The smallest absolute Gasteiger partial charge is 0.260 e. The SMILES string of the molecule is Cc1nc(NC(=O)c2ccccc2N(C)C)n[nH]1. The first-order valence-corrected chi connectivity index (χ1v) is 5.54. The third kappa shape index (κ3) is 2.48. The lowest BCUT2D eigenvalue weighted by molar-refractivity contribution is 0.102. The summed E-state index contributed by atoms with van der Waals surface area (Å²) in [4.78, 5) is 18.0. The average Bonchev–Trinajstić information content (AvgIpc) is 2.74. The average molecular weight is 245 g/mol. The van der Waals surface area contributed by atoms with Crippen LogP contribution in [0, 0.1) is 6.92 Å². The second-order valence-electron chi connectivity index (χ2n) is 4.11. The van der Waals surface area contributed by atoms with E-state index in [0.717, 1.165) is 5.69 Å². The molecule has 0 saturated carbocycles. The van der Waals surface area contributed by atoms with Gasteiger partial charge in [-0.05, 0) is 19.1 Å². The molecule has 1 aromatic carbocycles. The minimum atomic E-state index is -0.224. The van der Waals surface area contributed by atoms with Gasteiger partial charge in [-0.2, -0.15) is 4.98 Å². The molecule has 6 heteroatoms. The number of carbonyl (C=O) groups excluding carboxylic acids is 1. The zero-order valence-corrected chi connectivity index (χ0v) is 10.6. The second-order valence-corrected chi connectivity index (χ2v) is 4.11. The Morgan fingerprint density at radius 1 is 1.33 bits per heavy atom. The van der Waals surface area contributed by atoms with Crippen molar-refractivity contribution in [1.82, 2.24) is 15.2 Å². The Kier molecular flexibility index (Phi) is 3.27. The molecule has 0 unspecified atom stereocenters. The molecular weight excluding hydrogens is 230 g/mol. The van der Waals surface area contributed by atoms with E-state index in [9.17, 15) is 4.79 Å². The Labute approximate surface area is 105 Å². The van der Waals surface area contributed by atoms with Gasteiger partial charge in [-0.25, -0.2) is 0 Å². The summed E-state index contributed by atoms with van der Waals surface area (Å²) in [6, 6.07) is 7.37. The van der Waals surface area contributed by atoms with E-state index in [1.807, 2.05) is 37.2 Å². The molecule has 0 aliphatic carbocycles. The van der Waals surface area contributed by atoms with Crippen LogP contribution < -0.4 is 10.2 Å². The summed E-state index contributed by atoms with van der Waals surface area (Å²) in [5.74, 6) is 0.718. The molecule has 2 N–H and O–H groups in total. The van der Waals surface area contributed by atoms with Gasteiger partial charge in [-0.1, -0.05) is 12.1 Å². The van der Waals surface area contributed by atoms with E-state index in [4.69, 9.17) is 0 Å². The fourth-order valence-corrected chi connectivity index (χ4v) is 1.62. The van der Waals surface area contributed by atoms with E-state index >= 15 is 0 Å². The monoisotopic (exact) mass is 245 g/mol. The fourth-order valence-electron chi connectivity index (χ4n) is 1.62. The van der Waals surface area contributed by atoms with Crippen molar-refractivity contribution in [2.45, 2.75) is 6.92 Å². The van der Waals surface area contributed by atoms with Crippen molar-refractivity contribution in [3.63, 3.8) is 0 Å². The topological polar surface area (TPSA) is 73.9 Å². The first-order valence-electron chi connectivity index (χ1n) is 5.54. The number of rotatable bonds is 3. The van der Waals surface area contributed by atoms with E-state index in [1.54, 1.807) is 13.0 Å². The van der Waals surface area contributed by atoms with Crippen LogP contribution >= 0.6 is 0 Å². The van der Waals surface area contributed by atoms with Gasteiger partial charge < -0.3 is 4.90 Å². The van der Waals surface area contributed by atoms with Crippen molar-refractivity contribution >= 4 is 17.5 Å². The van der Waals surface area contributed by atoms with E-state index in [1.165, 1.54) is 0 Å². The van der Waals surface area contributed by atoms with Gasteiger partial charge in [0.05, 0.1) is 5.56 Å². The Morgan fingerprint density at radius 2 is 2.06 bits per heavy atom. The maximum Gasteiger partial charge on any atom is 0.260 e. The van der Waals surface area contributed by atoms with Gasteiger partial charge in [0.2, 0.25) is 5.95 Å². The van der Waals surface area contributed by atoms with Crippen LogP contribution in [0.5, 0.6) is 0 Å². The van der Waals surface area contributed by atoms with Crippen LogP contribution in [0.15, 0.2) is 24.3 Å². The third-order valence-electron chi connectivity index (χ3n) is 2.45. The molecule has 0 aliphatic rings. The lowest BCUT2D eigenvalue weighted by Crippen LogP contribution is -2.18. The zero-order valence-electron chi connectivity index (χ0n) is 10.6. The normalized spacial score (nSPS) is 10.2. The molecule has 2 aromatic rings. The fraction of sp³-hybridized carbons (Fsp3) is 0.250. The van der Waals surface area contributed by atoms with Crippen LogP contribution in [-0.2, 0) is 0 Å². The molecule has 94 valence electrons. The van der Waals surface area contributed by atoms with Crippen LogP contribution in [0.1, 0.15) is 16.2 Å². The number of aromatic amines is 1. The molecule has 1 aromatic heterocycles. The molecule has 0 atom stereocenters. The number of aromatic nitrogens is 3. The maximum atomic E-state index is 12.1. The summed E-state index contributed by atoms with van der Waals surface area (Å²) in [6.07, 6.45) is 0. The summed E-state index contributed by atoms with van der Waals surface area (Å²) in [5.41, 5.74) is 1.44. The molecule has 0 bridgehead atoms. The first-order chi connectivity index (χ1) is 8.58. The molecule has 1 heterocycles. The Bertz CT molecular complexity index is 561. The number of H-pyrrole nitrogens is 1. The number of aryl methyl sites for hydroxylation is 1. The van der Waals surface area contributed by atoms with Crippen LogP contribution in [0.2, 0.25) is 0 Å². The third-order valence-corrected chi connectivity index (χ3v) is 2.45. The van der Waals surface area contributed by atoms with Crippen molar-refractivity contribution in [2.75, 3.05) is 24.3 Å². The number of para-hydroxylation sites is 1. The highest BCUT2D eigenvalue weighted by atomic mass is 16.1. The minimum absolute atomic E-state index is 0.224. The Hall–Kier alpha value is -2.37. The summed E-state index contributed by atoms with van der Waals surface area (Å²) in [5, 5.41) is 9.21. The number of nitrogens with zero attached hydrogens (tertiary/aromatic N) is 3. The standard InChI is InChI=1S/C12H15N5O/c1-8-13-12(16-15-8)14-11(18)9-6-4-5-7-10(9)17(2)3/h4-7H,1-3H3,(H2,13,14,15,16,18). The molecule has 0 fully saturated rings. The van der Waals surface area contributed by atoms with Gasteiger partial charge in [-0.3, -0.25) is 15.2 Å². The second kappa shape index (κ2) is 4.87. The highest BCUT2D eigenvalue weighted by Gasteiger charge is 2.13. The van der Waals surface area contributed by atoms with Crippen molar-refractivity contribution in [3.8, 4) is 0 Å². The van der Waals surface area contributed by atoms with Gasteiger partial charge in [0.25, 0.3) is 5.91 Å². The van der Waals surface area contributed by atoms with Gasteiger partial charge in [-0.15, -0.1) is 5.10 Å². The minimum Gasteiger partial charge on any atom is -0.377 e. The molecule has 2 rings (SSSR count). The Morgan fingerprint density at radius 3 is 2.67 bits per heavy atom. The van der Waals surface area contributed by atoms with Gasteiger partial charge in [0, 0.05) is 19.8 Å². The van der Waals surface area contributed by atoms with Gasteiger partial charge in [0.1, 0.15) is 5.82 Å². The molecule has 0 spiro atoms. The molecule has 18 heavy (non-hydrogen) atoms. The number of hydrogen-bond acceptors (Lipinski definition) is 4. The molecule has 1 amide bonds. The number of amides is 1. The maximum absolute atomic E-state index is 12.1. The molecule has 0 radical (unpaired) electrons. The number of nitrogens with one attached hydrogen (secondary N) is 2. The van der Waals surface area contributed by atoms with Crippen molar-refractivity contribution in [2.24, 2.45) is 0 Å². The van der Waals surface area contributed by atoms with E-state index in [0.29, 0.717) is 11.4 Å². The van der Waals surface area contributed by atoms with Crippen molar-refractivity contribution in [3.05, 3.63) is 35.7 Å². The van der Waals surface area contributed by atoms with Crippen LogP contribution in [0.4, 0.5) is 11.6 Å². The van der Waals surface area contributed by atoms with E-state index in [2.05, 4.69) is 20.5 Å². The predicted octanol–water partition coefficient (Wildman–Crippen LogP) is 1.43. The van der Waals surface area contributed by atoms with Crippen molar-refractivity contribution < 1.29 is 4.79 Å². The van der Waals surface area contributed by atoms with Crippen LogP contribution in [-0.4, -0.2) is 35.2 Å². The highest BCUT2D eigenvalue weighted by Crippen LogP contribution is 2.18. The lowest BCUT2D eigenvalue weighted by atomic mass is 10.1. The quantitative estimate of drug-likeness (QED) is 0.858. The highest BCUT2D eigenvalue weighted by molar-refractivity contribution is 6.07.